The third-order valence-corrected chi connectivity index (χ3v) is 1.67. The number of rotatable bonds is 3. The van der Waals surface area contributed by atoms with E-state index in [4.69, 9.17) is 10.4 Å². The molecule has 0 bridgehead atoms. The lowest BCUT2D eigenvalue weighted by molar-refractivity contribution is 0.0945. The number of carbonyl (C=O) groups excluding carboxylic acids is 1. The molecule has 0 heterocycles. The van der Waals surface area contributed by atoms with Crippen molar-refractivity contribution < 1.29 is 9.90 Å². The third-order valence-electron chi connectivity index (χ3n) is 1.67. The molecule has 0 fully saturated rings. The van der Waals surface area contributed by atoms with Crippen LogP contribution in [0.5, 0.6) is 0 Å². The lowest BCUT2D eigenvalue weighted by Crippen LogP contribution is -2.26. The zero-order valence-electron chi connectivity index (χ0n) is 7.53. The summed E-state index contributed by atoms with van der Waals surface area (Å²) in [6.07, 6.45) is 0. The van der Waals surface area contributed by atoms with E-state index in [1.165, 1.54) is 0 Å². The van der Waals surface area contributed by atoms with Crippen molar-refractivity contribution in [1.82, 2.24) is 5.32 Å². The first-order valence-corrected chi connectivity index (χ1v) is 4.17. The number of nitrogens with one attached hydrogen (secondary N) is 1. The molecular weight excluding hydrogens is 180 g/mol. The van der Waals surface area contributed by atoms with Gasteiger partial charge in [-0.05, 0) is 24.3 Å². The molecule has 0 aromatic heterocycles. The van der Waals surface area contributed by atoms with Crippen molar-refractivity contribution in [2.75, 3.05) is 13.2 Å². The van der Waals surface area contributed by atoms with Crippen LogP contribution in [0.3, 0.4) is 0 Å². The van der Waals surface area contributed by atoms with Gasteiger partial charge in [0.1, 0.15) is 0 Å². The molecule has 0 saturated heterocycles. The maximum absolute atomic E-state index is 11.3. The zero-order valence-corrected chi connectivity index (χ0v) is 7.53. The second kappa shape index (κ2) is 5.00. The van der Waals surface area contributed by atoms with E-state index in [1.54, 1.807) is 24.3 Å². The molecule has 0 spiro atoms. The van der Waals surface area contributed by atoms with Crippen LogP contribution in [0, 0.1) is 11.3 Å². The summed E-state index contributed by atoms with van der Waals surface area (Å²) < 4.78 is 0. The normalized spacial score (nSPS) is 9.14. The van der Waals surface area contributed by atoms with Crippen molar-refractivity contribution >= 4 is 5.91 Å². The van der Waals surface area contributed by atoms with Crippen LogP contribution in [0.1, 0.15) is 15.9 Å². The smallest absolute Gasteiger partial charge is 0.251 e. The van der Waals surface area contributed by atoms with E-state index in [0.717, 1.165) is 0 Å². The number of amides is 1. The van der Waals surface area contributed by atoms with Gasteiger partial charge in [-0.3, -0.25) is 4.79 Å². The lowest BCUT2D eigenvalue weighted by Gasteiger charge is -2.02. The largest absolute Gasteiger partial charge is 0.395 e. The molecule has 0 radical (unpaired) electrons. The fraction of sp³-hybridized carbons (Fsp3) is 0.200. The summed E-state index contributed by atoms with van der Waals surface area (Å²) in [5.41, 5.74) is 1.00. The van der Waals surface area contributed by atoms with E-state index in [1.807, 2.05) is 6.07 Å². The molecule has 0 unspecified atom stereocenters. The van der Waals surface area contributed by atoms with Gasteiger partial charge in [0.05, 0.1) is 18.2 Å². The van der Waals surface area contributed by atoms with Gasteiger partial charge in [0.15, 0.2) is 0 Å². The number of benzene rings is 1. The molecule has 0 aliphatic rings. The van der Waals surface area contributed by atoms with E-state index in [0.29, 0.717) is 11.1 Å². The molecule has 1 amide bonds. The molecule has 2 N–H and O–H groups in total. The molecule has 1 aromatic carbocycles. The number of nitriles is 1. The summed E-state index contributed by atoms with van der Waals surface area (Å²) in [4.78, 5) is 11.3. The quantitative estimate of drug-likeness (QED) is 0.719. The van der Waals surface area contributed by atoms with Crippen molar-refractivity contribution in [3.8, 4) is 6.07 Å². The fourth-order valence-corrected chi connectivity index (χ4v) is 0.968. The van der Waals surface area contributed by atoms with Gasteiger partial charge in [0.2, 0.25) is 0 Å². The molecule has 0 aliphatic heterocycles. The van der Waals surface area contributed by atoms with E-state index in [-0.39, 0.29) is 19.1 Å². The topological polar surface area (TPSA) is 73.1 Å². The highest BCUT2D eigenvalue weighted by Gasteiger charge is 2.03. The van der Waals surface area contributed by atoms with Gasteiger partial charge >= 0.3 is 0 Å². The second-order valence-corrected chi connectivity index (χ2v) is 2.67. The van der Waals surface area contributed by atoms with Crippen molar-refractivity contribution in [1.29, 1.82) is 5.26 Å². The molecule has 1 rings (SSSR count). The Morgan fingerprint density at radius 2 is 2.07 bits per heavy atom. The van der Waals surface area contributed by atoms with Crippen LogP contribution in [0.4, 0.5) is 0 Å². The predicted molar refractivity (Wildman–Crippen MR) is 50.6 cm³/mol. The maximum Gasteiger partial charge on any atom is 0.251 e. The third kappa shape index (κ3) is 2.57. The zero-order chi connectivity index (χ0) is 10.4. The Hall–Kier alpha value is -1.86. The van der Waals surface area contributed by atoms with Gasteiger partial charge in [0.25, 0.3) is 5.91 Å². The minimum Gasteiger partial charge on any atom is -0.395 e. The van der Waals surface area contributed by atoms with Gasteiger partial charge < -0.3 is 10.4 Å². The monoisotopic (exact) mass is 190 g/mol. The van der Waals surface area contributed by atoms with E-state index >= 15 is 0 Å². The summed E-state index contributed by atoms with van der Waals surface area (Å²) >= 11 is 0. The molecule has 0 saturated carbocycles. The number of nitrogens with zero attached hydrogens (tertiary/aromatic N) is 1. The average molecular weight is 190 g/mol. The number of aliphatic hydroxyl groups is 1. The van der Waals surface area contributed by atoms with Gasteiger partial charge in [-0.25, -0.2) is 0 Å². The molecule has 14 heavy (non-hydrogen) atoms. The number of aliphatic hydroxyl groups excluding tert-OH is 1. The average Bonchev–Trinajstić information content (AvgIpc) is 2.26. The summed E-state index contributed by atoms with van der Waals surface area (Å²) in [7, 11) is 0. The van der Waals surface area contributed by atoms with E-state index in [9.17, 15) is 4.79 Å². The van der Waals surface area contributed by atoms with E-state index in [2.05, 4.69) is 5.32 Å². The molecular formula is C10H10N2O2. The molecule has 4 heteroatoms. The van der Waals surface area contributed by atoms with Crippen LogP contribution in [0.2, 0.25) is 0 Å². The Bertz CT molecular complexity index is 351. The molecule has 0 atom stereocenters. The highest BCUT2D eigenvalue weighted by Crippen LogP contribution is 2.02. The molecule has 1 aromatic rings. The number of carbonyl (C=O) groups is 1. The first-order valence-electron chi connectivity index (χ1n) is 4.17. The fourth-order valence-electron chi connectivity index (χ4n) is 0.968. The Balaban J connectivity index is 2.68. The Morgan fingerprint density at radius 1 is 1.43 bits per heavy atom. The molecule has 4 nitrogen and oxygen atoms in total. The lowest BCUT2D eigenvalue weighted by atomic mass is 10.1. The summed E-state index contributed by atoms with van der Waals surface area (Å²) in [5.74, 6) is -0.247. The van der Waals surface area contributed by atoms with Gasteiger partial charge in [0, 0.05) is 12.1 Å². The van der Waals surface area contributed by atoms with Gasteiger partial charge in [-0.2, -0.15) is 5.26 Å². The highest BCUT2D eigenvalue weighted by atomic mass is 16.3. The Kier molecular flexibility index (Phi) is 3.65. The molecule has 72 valence electrons. The number of hydrogen-bond donors (Lipinski definition) is 2. The summed E-state index contributed by atoms with van der Waals surface area (Å²) in [6, 6.07) is 8.27. The molecule has 0 aliphatic carbocycles. The standard InChI is InChI=1S/C10H10N2O2/c11-7-8-1-3-9(4-2-8)10(14)12-5-6-13/h1-4,13H,5-6H2,(H,12,14). The van der Waals surface area contributed by atoms with Crippen LogP contribution in [-0.4, -0.2) is 24.2 Å². The van der Waals surface area contributed by atoms with E-state index < -0.39 is 0 Å². The first kappa shape index (κ1) is 10.2. The summed E-state index contributed by atoms with van der Waals surface area (Å²) in [6.45, 7) is 0.154. The minimum absolute atomic E-state index is 0.0813. The second-order valence-electron chi connectivity index (χ2n) is 2.67. The maximum atomic E-state index is 11.3. The van der Waals surface area contributed by atoms with Gasteiger partial charge in [-0.1, -0.05) is 0 Å². The minimum atomic E-state index is -0.247. The number of hydrogen-bond acceptors (Lipinski definition) is 3. The van der Waals surface area contributed by atoms with Crippen molar-refractivity contribution in [3.63, 3.8) is 0 Å². The van der Waals surface area contributed by atoms with Crippen molar-refractivity contribution in [3.05, 3.63) is 35.4 Å². The van der Waals surface area contributed by atoms with Crippen molar-refractivity contribution in [2.45, 2.75) is 0 Å². The van der Waals surface area contributed by atoms with Crippen LogP contribution in [0.15, 0.2) is 24.3 Å². The van der Waals surface area contributed by atoms with Crippen LogP contribution in [0.25, 0.3) is 0 Å². The van der Waals surface area contributed by atoms with Gasteiger partial charge in [-0.15, -0.1) is 0 Å². The summed E-state index contributed by atoms with van der Waals surface area (Å²) in [5, 5.41) is 19.5. The Morgan fingerprint density at radius 3 is 2.57 bits per heavy atom. The van der Waals surface area contributed by atoms with Crippen molar-refractivity contribution in [2.24, 2.45) is 0 Å². The highest BCUT2D eigenvalue weighted by molar-refractivity contribution is 5.94. The van der Waals surface area contributed by atoms with Crippen LogP contribution >= 0.6 is 0 Å². The predicted octanol–water partition coefficient (Wildman–Crippen LogP) is 0.280. The first-order chi connectivity index (χ1) is 6.77. The Labute approximate surface area is 81.8 Å². The van der Waals surface area contributed by atoms with Crippen LogP contribution < -0.4 is 5.32 Å². The SMILES string of the molecule is N#Cc1ccc(C(=O)NCCO)cc1. The van der Waals surface area contributed by atoms with Crippen LogP contribution in [-0.2, 0) is 0 Å².